The van der Waals surface area contributed by atoms with Crippen molar-refractivity contribution in [3.63, 3.8) is 0 Å². The van der Waals surface area contributed by atoms with Gasteiger partial charge in [-0.1, -0.05) is 25.3 Å². The quantitative estimate of drug-likeness (QED) is 0.873. The second kappa shape index (κ2) is 6.71. The topological polar surface area (TPSA) is 12.0 Å². The summed E-state index contributed by atoms with van der Waals surface area (Å²) in [7, 11) is 0. The number of benzene rings is 1. The van der Waals surface area contributed by atoms with Crippen molar-refractivity contribution < 1.29 is 8.78 Å². The highest BCUT2D eigenvalue weighted by Crippen LogP contribution is 2.37. The zero-order chi connectivity index (χ0) is 13.7. The van der Waals surface area contributed by atoms with Crippen LogP contribution in [0.3, 0.4) is 0 Å². The van der Waals surface area contributed by atoms with E-state index in [0.29, 0.717) is 16.9 Å². The number of hydrogen-bond donors (Lipinski definition) is 1. The zero-order valence-electron chi connectivity index (χ0n) is 11.3. The van der Waals surface area contributed by atoms with Crippen molar-refractivity contribution in [1.82, 2.24) is 5.32 Å². The van der Waals surface area contributed by atoms with Crippen molar-refractivity contribution in [2.45, 2.75) is 43.4 Å². The fourth-order valence-electron chi connectivity index (χ4n) is 2.74. The third kappa shape index (κ3) is 3.93. The lowest BCUT2D eigenvalue weighted by atomic mass is 9.88. The third-order valence-corrected chi connectivity index (χ3v) is 5.39. The zero-order valence-corrected chi connectivity index (χ0v) is 12.2. The number of nitrogens with one attached hydrogen (secondary N) is 1. The molecule has 0 heterocycles. The number of rotatable bonds is 5. The summed E-state index contributed by atoms with van der Waals surface area (Å²) < 4.78 is 26.6. The first-order chi connectivity index (χ1) is 9.15. The van der Waals surface area contributed by atoms with Gasteiger partial charge in [0.2, 0.25) is 0 Å². The molecule has 0 saturated heterocycles. The average molecular weight is 285 g/mol. The van der Waals surface area contributed by atoms with Gasteiger partial charge in [-0.2, -0.15) is 11.8 Å². The maximum Gasteiger partial charge on any atom is 0.130 e. The first-order valence-corrected chi connectivity index (χ1v) is 8.07. The molecule has 0 spiro atoms. The van der Waals surface area contributed by atoms with E-state index in [-0.39, 0.29) is 0 Å². The van der Waals surface area contributed by atoms with Gasteiger partial charge in [-0.3, -0.25) is 0 Å². The van der Waals surface area contributed by atoms with Crippen LogP contribution in [0.4, 0.5) is 8.78 Å². The van der Waals surface area contributed by atoms with Crippen LogP contribution in [0.25, 0.3) is 0 Å². The predicted octanol–water partition coefficient (Wildman–Crippen LogP) is 4.12. The van der Waals surface area contributed by atoms with Crippen molar-refractivity contribution in [2.24, 2.45) is 0 Å². The Kier molecular flexibility index (Phi) is 5.22. The Morgan fingerprint density at radius 3 is 2.58 bits per heavy atom. The molecule has 1 aliphatic carbocycles. The molecule has 4 heteroatoms. The lowest BCUT2D eigenvalue weighted by molar-refractivity contribution is 0.378. The highest BCUT2D eigenvalue weighted by atomic mass is 32.2. The summed E-state index contributed by atoms with van der Waals surface area (Å²) in [6.45, 7) is 1.36. The van der Waals surface area contributed by atoms with Gasteiger partial charge in [0.05, 0.1) is 0 Å². The van der Waals surface area contributed by atoms with Gasteiger partial charge in [0.1, 0.15) is 11.6 Å². The van der Waals surface area contributed by atoms with Gasteiger partial charge in [0, 0.05) is 29.5 Å². The molecule has 1 nitrogen and oxygen atoms in total. The summed E-state index contributed by atoms with van der Waals surface area (Å²) in [6, 6.07) is 3.78. The van der Waals surface area contributed by atoms with Crippen LogP contribution in [0, 0.1) is 11.6 Å². The largest absolute Gasteiger partial charge is 0.311 e. The van der Waals surface area contributed by atoms with E-state index < -0.39 is 11.6 Å². The van der Waals surface area contributed by atoms with E-state index in [9.17, 15) is 8.78 Å². The molecule has 1 aromatic carbocycles. The minimum Gasteiger partial charge on any atom is -0.311 e. The molecule has 2 rings (SSSR count). The molecule has 0 amide bonds. The summed E-state index contributed by atoms with van der Waals surface area (Å²) in [5, 5.41) is 3.34. The Morgan fingerprint density at radius 1 is 1.21 bits per heavy atom. The minimum atomic E-state index is -0.519. The molecule has 0 atom stereocenters. The second-order valence-corrected chi connectivity index (χ2v) is 6.56. The number of halogens is 2. The number of thioether (sulfide) groups is 1. The molecule has 1 fully saturated rings. The highest BCUT2D eigenvalue weighted by Gasteiger charge is 2.30. The lowest BCUT2D eigenvalue weighted by Gasteiger charge is -2.36. The molecule has 0 bridgehead atoms. The second-order valence-electron chi connectivity index (χ2n) is 5.29. The summed E-state index contributed by atoms with van der Waals surface area (Å²) >= 11 is 1.92. The Balaban J connectivity index is 1.88. The fourth-order valence-corrected chi connectivity index (χ4v) is 3.68. The predicted molar refractivity (Wildman–Crippen MR) is 77.4 cm³/mol. The van der Waals surface area contributed by atoms with Crippen molar-refractivity contribution in [1.29, 1.82) is 0 Å². The Labute approximate surface area is 118 Å². The van der Waals surface area contributed by atoms with Crippen LogP contribution < -0.4 is 5.32 Å². The van der Waals surface area contributed by atoms with Crippen molar-refractivity contribution in [3.8, 4) is 0 Å². The third-order valence-electron chi connectivity index (χ3n) is 3.98. The summed E-state index contributed by atoms with van der Waals surface area (Å²) in [6.07, 6.45) is 8.52. The van der Waals surface area contributed by atoms with Crippen LogP contribution >= 0.6 is 11.8 Å². The lowest BCUT2D eigenvalue weighted by Crippen LogP contribution is -2.39. The van der Waals surface area contributed by atoms with E-state index >= 15 is 0 Å². The smallest absolute Gasteiger partial charge is 0.130 e. The molecule has 106 valence electrons. The van der Waals surface area contributed by atoms with Gasteiger partial charge in [0.25, 0.3) is 0 Å². The van der Waals surface area contributed by atoms with Crippen LogP contribution in [-0.2, 0) is 6.54 Å². The Morgan fingerprint density at radius 2 is 1.95 bits per heavy atom. The van der Waals surface area contributed by atoms with E-state index in [1.54, 1.807) is 0 Å². The van der Waals surface area contributed by atoms with E-state index in [0.717, 1.165) is 12.6 Å². The van der Waals surface area contributed by atoms with Crippen LogP contribution in [0.2, 0.25) is 0 Å². The monoisotopic (exact) mass is 285 g/mol. The van der Waals surface area contributed by atoms with Gasteiger partial charge in [0.15, 0.2) is 0 Å². The van der Waals surface area contributed by atoms with Crippen LogP contribution in [-0.4, -0.2) is 17.5 Å². The van der Waals surface area contributed by atoms with Gasteiger partial charge >= 0.3 is 0 Å². The van der Waals surface area contributed by atoms with Crippen molar-refractivity contribution >= 4 is 11.8 Å². The first-order valence-electron chi connectivity index (χ1n) is 6.85. The standard InChI is InChI=1S/C15H21F2NS/c1-19-15(7-3-2-4-8-15)11-18-10-12-5-6-13(16)9-14(12)17/h5-6,9,18H,2-4,7-8,10-11H2,1H3. The van der Waals surface area contributed by atoms with E-state index in [4.69, 9.17) is 0 Å². The van der Waals surface area contributed by atoms with E-state index in [2.05, 4.69) is 11.6 Å². The molecule has 0 aliphatic heterocycles. The normalized spacial score (nSPS) is 18.5. The van der Waals surface area contributed by atoms with Crippen LogP contribution in [0.5, 0.6) is 0 Å². The minimum absolute atomic E-state index is 0.300. The molecule has 1 aromatic rings. The molecule has 0 radical (unpaired) electrons. The maximum atomic E-state index is 13.5. The first kappa shape index (κ1) is 14.8. The maximum absolute atomic E-state index is 13.5. The van der Waals surface area contributed by atoms with Gasteiger partial charge < -0.3 is 5.32 Å². The molecule has 0 aromatic heterocycles. The Bertz CT molecular complexity index is 417. The van der Waals surface area contributed by atoms with E-state index in [1.807, 2.05) is 11.8 Å². The van der Waals surface area contributed by atoms with Crippen molar-refractivity contribution in [3.05, 3.63) is 35.4 Å². The Hall–Kier alpha value is -0.610. The van der Waals surface area contributed by atoms with Gasteiger partial charge in [-0.05, 0) is 25.2 Å². The fraction of sp³-hybridized carbons (Fsp3) is 0.600. The molecule has 1 saturated carbocycles. The van der Waals surface area contributed by atoms with Gasteiger partial charge in [-0.15, -0.1) is 0 Å². The summed E-state index contributed by atoms with van der Waals surface area (Å²) in [5.41, 5.74) is 0.536. The van der Waals surface area contributed by atoms with Crippen LogP contribution in [0.15, 0.2) is 18.2 Å². The molecular weight excluding hydrogens is 264 g/mol. The molecular formula is C15H21F2NS. The molecule has 1 aliphatic rings. The van der Waals surface area contributed by atoms with E-state index in [1.165, 1.54) is 44.2 Å². The number of hydrogen-bond acceptors (Lipinski definition) is 2. The SMILES string of the molecule is CSC1(CNCc2ccc(F)cc2F)CCCCC1. The molecule has 0 unspecified atom stereocenters. The summed E-state index contributed by atoms with van der Waals surface area (Å²) in [4.78, 5) is 0. The summed E-state index contributed by atoms with van der Waals surface area (Å²) in [5.74, 6) is -0.983. The molecule has 1 N–H and O–H groups in total. The van der Waals surface area contributed by atoms with Crippen molar-refractivity contribution in [2.75, 3.05) is 12.8 Å². The highest BCUT2D eigenvalue weighted by molar-refractivity contribution is 8.00. The van der Waals surface area contributed by atoms with Crippen LogP contribution in [0.1, 0.15) is 37.7 Å². The average Bonchev–Trinajstić information content (AvgIpc) is 2.42. The molecule has 19 heavy (non-hydrogen) atoms. The van der Waals surface area contributed by atoms with Gasteiger partial charge in [-0.25, -0.2) is 8.78 Å².